The van der Waals surface area contributed by atoms with E-state index in [1.807, 2.05) is 30.3 Å². The smallest absolute Gasteiger partial charge is 0.407 e. The largest absolute Gasteiger partial charge is 0.465 e. The van der Waals surface area contributed by atoms with Gasteiger partial charge >= 0.3 is 6.09 Å². The Balaban J connectivity index is 2.10. The molecule has 1 saturated carbocycles. The zero-order chi connectivity index (χ0) is 12.3. The van der Waals surface area contributed by atoms with Crippen molar-refractivity contribution in [2.24, 2.45) is 5.73 Å². The summed E-state index contributed by atoms with van der Waals surface area (Å²) in [5.41, 5.74) is 6.97. The highest BCUT2D eigenvalue weighted by Gasteiger charge is 2.32. The van der Waals surface area contributed by atoms with E-state index < -0.39 is 6.09 Å². The molecule has 1 aromatic carbocycles. The van der Waals surface area contributed by atoms with Crippen LogP contribution in [0.5, 0.6) is 0 Å². The molecule has 0 aliphatic heterocycles. The summed E-state index contributed by atoms with van der Waals surface area (Å²) in [6.45, 7) is 0.425. The van der Waals surface area contributed by atoms with Crippen LogP contribution >= 0.6 is 0 Å². The average Bonchev–Trinajstić information content (AvgIpc) is 2.73. The molecule has 4 heteroatoms. The molecule has 4 nitrogen and oxygen atoms in total. The van der Waals surface area contributed by atoms with Gasteiger partial charge in [-0.3, -0.25) is 4.90 Å². The standard InChI is InChI=1S/C13H18N2O2/c14-11-7-4-8-12(11)15(13(16)17)9-10-5-2-1-3-6-10/h1-3,5-6,11-12H,4,7-9,14H2,(H,16,17)/t11-,12-/m0/s1. The highest BCUT2D eigenvalue weighted by atomic mass is 16.4. The molecule has 2 atom stereocenters. The Labute approximate surface area is 101 Å². The van der Waals surface area contributed by atoms with E-state index >= 15 is 0 Å². The number of benzene rings is 1. The monoisotopic (exact) mass is 234 g/mol. The molecule has 2 rings (SSSR count). The molecule has 92 valence electrons. The van der Waals surface area contributed by atoms with Crippen LogP contribution in [-0.4, -0.2) is 28.2 Å². The minimum Gasteiger partial charge on any atom is -0.465 e. The van der Waals surface area contributed by atoms with Gasteiger partial charge in [0.2, 0.25) is 0 Å². The Morgan fingerprint density at radius 1 is 1.35 bits per heavy atom. The van der Waals surface area contributed by atoms with Gasteiger partial charge in [0, 0.05) is 12.6 Å². The average molecular weight is 234 g/mol. The minimum atomic E-state index is -0.879. The predicted octanol–water partition coefficient (Wildman–Crippen LogP) is 2.05. The van der Waals surface area contributed by atoms with Crippen molar-refractivity contribution in [2.45, 2.75) is 37.9 Å². The van der Waals surface area contributed by atoms with Crippen molar-refractivity contribution in [1.82, 2.24) is 4.90 Å². The maximum atomic E-state index is 11.3. The Kier molecular flexibility index (Phi) is 3.64. The van der Waals surface area contributed by atoms with Crippen LogP contribution in [0.15, 0.2) is 30.3 Å². The molecular formula is C13H18N2O2. The van der Waals surface area contributed by atoms with Crippen molar-refractivity contribution in [1.29, 1.82) is 0 Å². The molecule has 17 heavy (non-hydrogen) atoms. The maximum Gasteiger partial charge on any atom is 0.407 e. The van der Waals surface area contributed by atoms with Crippen molar-refractivity contribution in [3.63, 3.8) is 0 Å². The van der Waals surface area contributed by atoms with Crippen LogP contribution in [-0.2, 0) is 6.54 Å². The molecule has 1 fully saturated rings. The fourth-order valence-corrected chi connectivity index (χ4v) is 2.46. The molecule has 0 spiro atoms. The SMILES string of the molecule is N[C@H]1CCC[C@@H]1N(Cc1ccccc1)C(=O)O. The minimum absolute atomic E-state index is 0.0187. The maximum absolute atomic E-state index is 11.3. The second-order valence-corrected chi connectivity index (χ2v) is 4.56. The van der Waals surface area contributed by atoms with Gasteiger partial charge in [-0.2, -0.15) is 0 Å². The van der Waals surface area contributed by atoms with Gasteiger partial charge in [0.05, 0.1) is 6.04 Å². The van der Waals surface area contributed by atoms with Crippen LogP contribution in [0, 0.1) is 0 Å². The first-order chi connectivity index (χ1) is 8.18. The Hall–Kier alpha value is -1.55. The van der Waals surface area contributed by atoms with Crippen molar-refractivity contribution in [3.8, 4) is 0 Å². The normalized spacial score (nSPS) is 23.6. The third kappa shape index (κ3) is 2.77. The summed E-state index contributed by atoms with van der Waals surface area (Å²) in [5, 5.41) is 9.28. The van der Waals surface area contributed by atoms with E-state index in [1.165, 1.54) is 4.90 Å². The Morgan fingerprint density at radius 2 is 2.06 bits per heavy atom. The van der Waals surface area contributed by atoms with E-state index in [4.69, 9.17) is 5.73 Å². The van der Waals surface area contributed by atoms with E-state index in [-0.39, 0.29) is 12.1 Å². The van der Waals surface area contributed by atoms with Crippen LogP contribution < -0.4 is 5.73 Å². The van der Waals surface area contributed by atoms with E-state index in [0.717, 1.165) is 24.8 Å². The molecular weight excluding hydrogens is 216 g/mol. The van der Waals surface area contributed by atoms with Crippen molar-refractivity contribution in [3.05, 3.63) is 35.9 Å². The van der Waals surface area contributed by atoms with Gasteiger partial charge < -0.3 is 10.8 Å². The molecule has 0 bridgehead atoms. The first-order valence-corrected chi connectivity index (χ1v) is 5.97. The lowest BCUT2D eigenvalue weighted by atomic mass is 10.1. The fourth-order valence-electron chi connectivity index (χ4n) is 2.46. The fraction of sp³-hybridized carbons (Fsp3) is 0.462. The van der Waals surface area contributed by atoms with Crippen LogP contribution in [0.2, 0.25) is 0 Å². The van der Waals surface area contributed by atoms with Crippen molar-refractivity contribution >= 4 is 6.09 Å². The van der Waals surface area contributed by atoms with Gasteiger partial charge in [0.25, 0.3) is 0 Å². The van der Waals surface area contributed by atoms with Crippen LogP contribution in [0.3, 0.4) is 0 Å². The van der Waals surface area contributed by atoms with Gasteiger partial charge in [0.1, 0.15) is 0 Å². The first kappa shape index (κ1) is 11.9. The van der Waals surface area contributed by atoms with Gasteiger partial charge in [-0.25, -0.2) is 4.79 Å². The molecule has 0 radical (unpaired) electrons. The topological polar surface area (TPSA) is 66.6 Å². The van der Waals surface area contributed by atoms with Gasteiger partial charge in [-0.15, -0.1) is 0 Å². The van der Waals surface area contributed by atoms with Crippen LogP contribution in [0.1, 0.15) is 24.8 Å². The zero-order valence-corrected chi connectivity index (χ0v) is 9.75. The number of carboxylic acid groups (broad SMARTS) is 1. The van der Waals surface area contributed by atoms with E-state index in [2.05, 4.69) is 0 Å². The third-order valence-electron chi connectivity index (χ3n) is 3.37. The lowest BCUT2D eigenvalue weighted by Crippen LogP contribution is -2.46. The van der Waals surface area contributed by atoms with Crippen LogP contribution in [0.4, 0.5) is 4.79 Å². The van der Waals surface area contributed by atoms with E-state index in [1.54, 1.807) is 0 Å². The summed E-state index contributed by atoms with van der Waals surface area (Å²) in [4.78, 5) is 12.8. The highest BCUT2D eigenvalue weighted by molar-refractivity contribution is 5.65. The molecule has 1 amide bonds. The quantitative estimate of drug-likeness (QED) is 0.841. The lowest BCUT2D eigenvalue weighted by Gasteiger charge is -2.29. The van der Waals surface area contributed by atoms with Gasteiger partial charge in [-0.05, 0) is 24.8 Å². The zero-order valence-electron chi connectivity index (χ0n) is 9.75. The number of nitrogens with two attached hydrogens (primary N) is 1. The van der Waals surface area contributed by atoms with Gasteiger partial charge in [0.15, 0.2) is 0 Å². The molecule has 0 saturated heterocycles. The summed E-state index contributed by atoms with van der Waals surface area (Å²) >= 11 is 0. The molecule has 1 aromatic rings. The summed E-state index contributed by atoms with van der Waals surface area (Å²) in [7, 11) is 0. The molecule has 1 aliphatic rings. The molecule has 0 heterocycles. The molecule has 0 aromatic heterocycles. The third-order valence-corrected chi connectivity index (χ3v) is 3.37. The number of carbonyl (C=O) groups is 1. The number of hydrogen-bond donors (Lipinski definition) is 2. The summed E-state index contributed by atoms with van der Waals surface area (Å²) < 4.78 is 0. The summed E-state index contributed by atoms with van der Waals surface area (Å²) in [6, 6.07) is 9.60. The number of hydrogen-bond acceptors (Lipinski definition) is 2. The van der Waals surface area contributed by atoms with Crippen molar-refractivity contribution < 1.29 is 9.90 Å². The van der Waals surface area contributed by atoms with E-state index in [9.17, 15) is 9.90 Å². The Morgan fingerprint density at radius 3 is 2.59 bits per heavy atom. The molecule has 3 N–H and O–H groups in total. The van der Waals surface area contributed by atoms with Crippen LogP contribution in [0.25, 0.3) is 0 Å². The van der Waals surface area contributed by atoms with Crippen molar-refractivity contribution in [2.75, 3.05) is 0 Å². The number of nitrogens with zero attached hydrogens (tertiary/aromatic N) is 1. The second-order valence-electron chi connectivity index (χ2n) is 4.56. The van der Waals surface area contributed by atoms with Gasteiger partial charge in [-0.1, -0.05) is 30.3 Å². The molecule has 0 unspecified atom stereocenters. The molecule has 1 aliphatic carbocycles. The highest BCUT2D eigenvalue weighted by Crippen LogP contribution is 2.24. The lowest BCUT2D eigenvalue weighted by molar-refractivity contribution is 0.117. The Bertz CT molecular complexity index is 380. The predicted molar refractivity (Wildman–Crippen MR) is 65.6 cm³/mol. The number of amides is 1. The second kappa shape index (κ2) is 5.19. The summed E-state index contributed by atoms with van der Waals surface area (Å²) in [5.74, 6) is 0. The number of rotatable bonds is 3. The first-order valence-electron chi connectivity index (χ1n) is 5.97. The van der Waals surface area contributed by atoms with E-state index in [0.29, 0.717) is 6.54 Å². The summed E-state index contributed by atoms with van der Waals surface area (Å²) in [6.07, 6.45) is 1.93.